The van der Waals surface area contributed by atoms with Crippen LogP contribution in [0.5, 0.6) is 0 Å². The lowest BCUT2D eigenvalue weighted by Crippen LogP contribution is -2.51. The minimum Gasteiger partial charge on any atom is -0.353 e. The molecule has 0 aliphatic carbocycles. The monoisotopic (exact) mass is 398 g/mol. The molecule has 5 nitrogen and oxygen atoms in total. The van der Waals surface area contributed by atoms with Gasteiger partial charge in [0, 0.05) is 13.1 Å². The van der Waals surface area contributed by atoms with Gasteiger partial charge in [-0.05, 0) is 29.2 Å². The highest BCUT2D eigenvalue weighted by Crippen LogP contribution is 2.34. The summed E-state index contributed by atoms with van der Waals surface area (Å²) in [5.41, 5.74) is 1.80. The maximum atomic E-state index is 13.0. The van der Waals surface area contributed by atoms with Gasteiger partial charge in [0.1, 0.15) is 10.3 Å². The van der Waals surface area contributed by atoms with E-state index in [2.05, 4.69) is 19.2 Å². The summed E-state index contributed by atoms with van der Waals surface area (Å²) in [7, 11) is -3.79. The first-order valence-electron chi connectivity index (χ1n) is 7.95. The van der Waals surface area contributed by atoms with Crippen molar-refractivity contribution in [2.45, 2.75) is 30.0 Å². The summed E-state index contributed by atoms with van der Waals surface area (Å²) in [5, 5.41) is 2.76. The Morgan fingerprint density at radius 3 is 2.44 bits per heavy atom. The molecule has 1 amide bonds. The van der Waals surface area contributed by atoms with Gasteiger partial charge in [-0.3, -0.25) is 4.79 Å². The van der Waals surface area contributed by atoms with Crippen molar-refractivity contribution in [2.75, 3.05) is 13.1 Å². The highest BCUT2D eigenvalue weighted by Gasteiger charge is 2.40. The Kier molecular flexibility index (Phi) is 5.20. The van der Waals surface area contributed by atoms with E-state index in [0.717, 1.165) is 16.9 Å². The van der Waals surface area contributed by atoms with E-state index >= 15 is 0 Å². The summed E-state index contributed by atoms with van der Waals surface area (Å²) in [6.45, 7) is 4.68. The standard InChI is InChI=1S/C17H19ClN2O3S2/c1-11(2)12-3-5-13(6-4-12)16-17(21)19-9-10-20(16)25(22,23)15-8-7-14(18)24-15/h3-8,11,16H,9-10H2,1-2H3,(H,19,21). The second-order valence-corrected chi connectivity index (χ2v) is 10.0. The number of amides is 1. The summed E-state index contributed by atoms with van der Waals surface area (Å²) in [6.07, 6.45) is 0. The molecule has 1 aliphatic rings. The van der Waals surface area contributed by atoms with Gasteiger partial charge < -0.3 is 5.32 Å². The molecule has 1 N–H and O–H groups in total. The SMILES string of the molecule is CC(C)c1ccc(C2C(=O)NCCN2S(=O)(=O)c2ccc(Cl)s2)cc1. The van der Waals surface area contributed by atoms with E-state index in [1.54, 1.807) is 6.07 Å². The molecule has 0 bridgehead atoms. The first-order chi connectivity index (χ1) is 11.8. The number of nitrogens with one attached hydrogen (secondary N) is 1. The third-order valence-corrected chi connectivity index (χ3v) is 7.76. The van der Waals surface area contributed by atoms with Crippen LogP contribution in [0.3, 0.4) is 0 Å². The van der Waals surface area contributed by atoms with E-state index in [9.17, 15) is 13.2 Å². The third-order valence-electron chi connectivity index (χ3n) is 4.20. The van der Waals surface area contributed by atoms with Gasteiger partial charge >= 0.3 is 0 Å². The van der Waals surface area contributed by atoms with Crippen molar-refractivity contribution in [1.29, 1.82) is 0 Å². The Bertz CT molecular complexity index is 876. The Hall–Kier alpha value is -1.41. The number of rotatable bonds is 4. The molecule has 25 heavy (non-hydrogen) atoms. The smallest absolute Gasteiger partial charge is 0.253 e. The van der Waals surface area contributed by atoms with Crippen LogP contribution >= 0.6 is 22.9 Å². The number of sulfonamides is 1. The summed E-state index contributed by atoms with van der Waals surface area (Å²) in [5.74, 6) is 0.0529. The molecule has 2 aromatic rings. The average Bonchev–Trinajstić information content (AvgIpc) is 3.02. The number of hydrogen-bond acceptors (Lipinski definition) is 4. The first kappa shape index (κ1) is 18.4. The Morgan fingerprint density at radius 2 is 1.88 bits per heavy atom. The molecule has 134 valence electrons. The number of thiophene rings is 1. The Morgan fingerprint density at radius 1 is 1.20 bits per heavy atom. The molecule has 0 saturated carbocycles. The zero-order valence-corrected chi connectivity index (χ0v) is 16.3. The number of carbonyl (C=O) groups excluding carboxylic acids is 1. The van der Waals surface area contributed by atoms with E-state index in [-0.39, 0.29) is 23.2 Å². The molecule has 1 aromatic heterocycles. The first-order valence-corrected chi connectivity index (χ1v) is 10.6. The quantitative estimate of drug-likeness (QED) is 0.858. The van der Waals surface area contributed by atoms with E-state index in [0.29, 0.717) is 15.8 Å². The van der Waals surface area contributed by atoms with Crippen LogP contribution in [0.4, 0.5) is 0 Å². The number of nitrogens with zero attached hydrogens (tertiary/aromatic N) is 1. The highest BCUT2D eigenvalue weighted by molar-refractivity contribution is 7.91. The molecule has 1 aromatic carbocycles. The summed E-state index contributed by atoms with van der Waals surface area (Å²) in [4.78, 5) is 12.5. The molecule has 1 aliphatic heterocycles. The van der Waals surface area contributed by atoms with Gasteiger partial charge in [0.05, 0.1) is 4.34 Å². The van der Waals surface area contributed by atoms with Crippen LogP contribution in [-0.4, -0.2) is 31.7 Å². The maximum Gasteiger partial charge on any atom is 0.253 e. The van der Waals surface area contributed by atoms with E-state index < -0.39 is 16.1 Å². The van der Waals surface area contributed by atoms with Crippen LogP contribution in [0.2, 0.25) is 4.34 Å². The molecule has 2 heterocycles. The fourth-order valence-electron chi connectivity index (χ4n) is 2.84. The second kappa shape index (κ2) is 7.07. The summed E-state index contributed by atoms with van der Waals surface area (Å²) < 4.78 is 27.8. The van der Waals surface area contributed by atoms with Crippen LogP contribution in [0.15, 0.2) is 40.6 Å². The zero-order valence-electron chi connectivity index (χ0n) is 13.9. The van der Waals surface area contributed by atoms with Crippen LogP contribution in [0.1, 0.15) is 36.9 Å². The normalized spacial score (nSPS) is 19.2. The van der Waals surface area contributed by atoms with Crippen LogP contribution in [0, 0.1) is 0 Å². The van der Waals surface area contributed by atoms with Crippen LogP contribution in [0.25, 0.3) is 0 Å². The lowest BCUT2D eigenvalue weighted by molar-refractivity contribution is -0.126. The molecule has 0 spiro atoms. The largest absolute Gasteiger partial charge is 0.353 e. The minimum absolute atomic E-state index is 0.149. The fourth-order valence-corrected chi connectivity index (χ4v) is 6.03. The molecule has 1 fully saturated rings. The van der Waals surface area contributed by atoms with E-state index in [4.69, 9.17) is 11.6 Å². The Labute approximate surface area is 156 Å². The van der Waals surface area contributed by atoms with Crippen LogP contribution < -0.4 is 5.32 Å². The van der Waals surface area contributed by atoms with Crippen molar-refractivity contribution >= 4 is 38.9 Å². The second-order valence-electron chi connectivity index (χ2n) is 6.19. The predicted molar refractivity (Wildman–Crippen MR) is 99.5 cm³/mol. The van der Waals surface area contributed by atoms with Crippen molar-refractivity contribution in [3.05, 3.63) is 51.9 Å². The Balaban J connectivity index is 2.00. The number of benzene rings is 1. The molecular formula is C17H19ClN2O3S2. The predicted octanol–water partition coefficient (Wildman–Crippen LogP) is 3.39. The van der Waals surface area contributed by atoms with Gasteiger partial charge in [-0.25, -0.2) is 8.42 Å². The van der Waals surface area contributed by atoms with Crippen LogP contribution in [-0.2, 0) is 14.8 Å². The topological polar surface area (TPSA) is 66.5 Å². The van der Waals surface area contributed by atoms with Gasteiger partial charge in [-0.15, -0.1) is 11.3 Å². The fraction of sp³-hybridized carbons (Fsp3) is 0.353. The van der Waals surface area contributed by atoms with E-state index in [1.807, 2.05) is 24.3 Å². The molecular weight excluding hydrogens is 380 g/mol. The van der Waals surface area contributed by atoms with E-state index in [1.165, 1.54) is 10.4 Å². The zero-order chi connectivity index (χ0) is 18.2. The van der Waals surface area contributed by atoms with Crippen molar-refractivity contribution in [3.63, 3.8) is 0 Å². The average molecular weight is 399 g/mol. The van der Waals surface area contributed by atoms with Crippen molar-refractivity contribution in [1.82, 2.24) is 9.62 Å². The highest BCUT2D eigenvalue weighted by atomic mass is 35.5. The summed E-state index contributed by atoms with van der Waals surface area (Å²) >= 11 is 6.89. The van der Waals surface area contributed by atoms with Gasteiger partial charge in [-0.1, -0.05) is 49.7 Å². The molecule has 1 unspecified atom stereocenters. The summed E-state index contributed by atoms with van der Waals surface area (Å²) in [6, 6.07) is 9.69. The van der Waals surface area contributed by atoms with Gasteiger partial charge in [-0.2, -0.15) is 4.31 Å². The van der Waals surface area contributed by atoms with Gasteiger partial charge in [0.15, 0.2) is 0 Å². The van der Waals surface area contributed by atoms with Crippen molar-refractivity contribution in [3.8, 4) is 0 Å². The molecule has 1 saturated heterocycles. The number of halogens is 1. The minimum atomic E-state index is -3.79. The number of carbonyl (C=O) groups is 1. The molecule has 0 radical (unpaired) electrons. The maximum absolute atomic E-state index is 13.0. The molecule has 3 rings (SSSR count). The van der Waals surface area contributed by atoms with Crippen molar-refractivity contribution < 1.29 is 13.2 Å². The lowest BCUT2D eigenvalue weighted by Gasteiger charge is -2.34. The van der Waals surface area contributed by atoms with Gasteiger partial charge in [0.25, 0.3) is 10.0 Å². The lowest BCUT2D eigenvalue weighted by atomic mass is 9.98. The van der Waals surface area contributed by atoms with Crippen molar-refractivity contribution in [2.24, 2.45) is 0 Å². The number of hydrogen-bond donors (Lipinski definition) is 1. The third kappa shape index (κ3) is 3.60. The molecule has 8 heteroatoms. The molecule has 1 atom stereocenters. The number of piperazine rings is 1. The van der Waals surface area contributed by atoms with Gasteiger partial charge in [0.2, 0.25) is 5.91 Å².